The third kappa shape index (κ3) is 7.42. The van der Waals surface area contributed by atoms with Crippen molar-refractivity contribution in [2.45, 2.75) is 37.0 Å². The first-order valence-electron chi connectivity index (χ1n) is 11.0. The SMILES string of the molecule is CO[C@H]1OC2COC(c3ccccc3)O[C@H]2C(O)C1OCCOCCOCCOCCN. The molecule has 2 aliphatic rings. The van der Waals surface area contributed by atoms with Crippen molar-refractivity contribution in [3.63, 3.8) is 0 Å². The van der Waals surface area contributed by atoms with Crippen LogP contribution in [-0.4, -0.2) is 102 Å². The van der Waals surface area contributed by atoms with E-state index < -0.39 is 37.0 Å². The number of hydrogen-bond donors (Lipinski definition) is 2. The summed E-state index contributed by atoms with van der Waals surface area (Å²) in [5, 5.41) is 10.9. The smallest absolute Gasteiger partial charge is 0.186 e. The van der Waals surface area contributed by atoms with Crippen molar-refractivity contribution in [1.29, 1.82) is 0 Å². The lowest BCUT2D eigenvalue weighted by Crippen LogP contribution is -2.62. The molecule has 0 aliphatic carbocycles. The second-order valence-electron chi connectivity index (χ2n) is 7.41. The minimum absolute atomic E-state index is 0.264. The molecule has 2 heterocycles. The predicted molar refractivity (Wildman–Crippen MR) is 113 cm³/mol. The van der Waals surface area contributed by atoms with Crippen LogP contribution in [0.4, 0.5) is 0 Å². The van der Waals surface area contributed by atoms with E-state index in [9.17, 15) is 5.11 Å². The third-order valence-electron chi connectivity index (χ3n) is 5.16. The fourth-order valence-electron chi connectivity index (χ4n) is 3.58. The predicted octanol–water partition coefficient (Wildman–Crippen LogP) is 0.227. The fraction of sp³-hybridized carbons (Fsp3) is 0.727. The lowest BCUT2D eigenvalue weighted by atomic mass is 9.97. The summed E-state index contributed by atoms with van der Waals surface area (Å²) < 4.78 is 45.1. The van der Waals surface area contributed by atoms with Crippen LogP contribution in [0.2, 0.25) is 0 Å². The molecule has 0 spiro atoms. The molecule has 32 heavy (non-hydrogen) atoms. The Morgan fingerprint density at radius 1 is 0.938 bits per heavy atom. The minimum Gasteiger partial charge on any atom is -0.387 e. The molecule has 2 aliphatic heterocycles. The molecule has 4 unspecified atom stereocenters. The van der Waals surface area contributed by atoms with Crippen LogP contribution in [-0.2, 0) is 37.9 Å². The van der Waals surface area contributed by atoms with Crippen LogP contribution >= 0.6 is 0 Å². The van der Waals surface area contributed by atoms with Gasteiger partial charge in [-0.15, -0.1) is 0 Å². The van der Waals surface area contributed by atoms with Crippen LogP contribution in [0, 0.1) is 0 Å². The van der Waals surface area contributed by atoms with E-state index in [-0.39, 0.29) is 13.2 Å². The van der Waals surface area contributed by atoms with E-state index in [0.29, 0.717) is 46.2 Å². The number of nitrogens with two attached hydrogens (primary N) is 1. The van der Waals surface area contributed by atoms with Crippen molar-refractivity contribution >= 4 is 0 Å². The van der Waals surface area contributed by atoms with Gasteiger partial charge >= 0.3 is 0 Å². The number of fused-ring (bicyclic) bond motifs is 1. The Balaban J connectivity index is 1.38. The Kier molecular flexibility index (Phi) is 11.3. The van der Waals surface area contributed by atoms with Gasteiger partial charge in [0.2, 0.25) is 0 Å². The Labute approximate surface area is 188 Å². The van der Waals surface area contributed by atoms with E-state index in [2.05, 4.69) is 0 Å². The average Bonchev–Trinajstić information content (AvgIpc) is 2.84. The number of ether oxygens (including phenoxy) is 8. The van der Waals surface area contributed by atoms with Gasteiger partial charge in [-0.1, -0.05) is 30.3 Å². The molecular weight excluding hydrogens is 422 g/mol. The highest BCUT2D eigenvalue weighted by atomic mass is 16.8. The fourth-order valence-corrected chi connectivity index (χ4v) is 3.58. The van der Waals surface area contributed by atoms with Crippen LogP contribution in [0.3, 0.4) is 0 Å². The maximum absolute atomic E-state index is 10.9. The monoisotopic (exact) mass is 457 g/mol. The zero-order valence-electron chi connectivity index (χ0n) is 18.5. The summed E-state index contributed by atoms with van der Waals surface area (Å²) in [7, 11) is 1.51. The van der Waals surface area contributed by atoms with E-state index in [1.165, 1.54) is 7.11 Å². The van der Waals surface area contributed by atoms with E-state index in [0.717, 1.165) is 5.56 Å². The van der Waals surface area contributed by atoms with Gasteiger partial charge in [0.1, 0.15) is 24.4 Å². The molecule has 0 amide bonds. The van der Waals surface area contributed by atoms with E-state index in [1.54, 1.807) is 0 Å². The van der Waals surface area contributed by atoms with Gasteiger partial charge in [0.05, 0.1) is 52.9 Å². The number of benzene rings is 1. The molecule has 0 aromatic heterocycles. The summed E-state index contributed by atoms with van der Waals surface area (Å²) in [6.45, 7) is 3.83. The minimum atomic E-state index is -0.939. The number of rotatable bonds is 14. The quantitative estimate of drug-likeness (QED) is 0.376. The summed E-state index contributed by atoms with van der Waals surface area (Å²) in [6.07, 6.45) is -4.00. The second kappa shape index (κ2) is 14.2. The van der Waals surface area contributed by atoms with E-state index in [1.807, 2.05) is 30.3 Å². The Bertz CT molecular complexity index is 623. The van der Waals surface area contributed by atoms with Crippen LogP contribution in [0.15, 0.2) is 30.3 Å². The van der Waals surface area contributed by atoms with Crippen LogP contribution in [0.25, 0.3) is 0 Å². The first-order valence-corrected chi connectivity index (χ1v) is 11.0. The number of aliphatic hydroxyl groups is 1. The molecule has 2 saturated heterocycles. The van der Waals surface area contributed by atoms with Crippen LogP contribution < -0.4 is 5.73 Å². The van der Waals surface area contributed by atoms with Gasteiger partial charge in [-0.3, -0.25) is 0 Å². The highest BCUT2D eigenvalue weighted by Gasteiger charge is 2.50. The number of hydrogen-bond acceptors (Lipinski definition) is 10. The van der Waals surface area contributed by atoms with Gasteiger partial charge in [-0.05, 0) is 0 Å². The standard InChI is InChI=1S/C22H35NO9/c1-25-22-20(29-14-13-28-12-11-27-10-9-26-8-7-23)18(24)19-17(31-22)15-30-21(32-19)16-5-3-2-4-6-16/h2-6,17-22,24H,7-15,23H2,1H3/t17?,18?,19-,20?,21?,22+/m1/s1. The van der Waals surface area contributed by atoms with Crippen LogP contribution in [0.1, 0.15) is 11.9 Å². The van der Waals surface area contributed by atoms with E-state index >= 15 is 0 Å². The molecule has 0 bridgehead atoms. The van der Waals surface area contributed by atoms with Gasteiger partial charge in [0.25, 0.3) is 0 Å². The summed E-state index contributed by atoms with van der Waals surface area (Å²) >= 11 is 0. The lowest BCUT2D eigenvalue weighted by molar-refractivity contribution is -0.363. The largest absolute Gasteiger partial charge is 0.387 e. The van der Waals surface area contributed by atoms with Crippen molar-refractivity contribution in [3.8, 4) is 0 Å². The van der Waals surface area contributed by atoms with Crippen molar-refractivity contribution in [1.82, 2.24) is 0 Å². The highest BCUT2D eigenvalue weighted by molar-refractivity contribution is 5.16. The molecule has 10 nitrogen and oxygen atoms in total. The van der Waals surface area contributed by atoms with Gasteiger partial charge in [-0.2, -0.15) is 0 Å². The molecule has 3 N–H and O–H groups in total. The Morgan fingerprint density at radius 3 is 2.25 bits per heavy atom. The molecule has 2 fully saturated rings. The highest BCUT2D eigenvalue weighted by Crippen LogP contribution is 2.35. The Morgan fingerprint density at radius 2 is 1.59 bits per heavy atom. The summed E-state index contributed by atoms with van der Waals surface area (Å²) in [6, 6.07) is 9.58. The Hall–Kier alpha value is -1.18. The van der Waals surface area contributed by atoms with Gasteiger partial charge in [-0.25, -0.2) is 0 Å². The van der Waals surface area contributed by atoms with Crippen molar-refractivity contribution in [2.75, 3.05) is 66.5 Å². The zero-order chi connectivity index (χ0) is 22.6. The lowest BCUT2D eigenvalue weighted by Gasteiger charge is -2.47. The maximum Gasteiger partial charge on any atom is 0.186 e. The summed E-state index contributed by atoms with van der Waals surface area (Å²) in [4.78, 5) is 0. The topological polar surface area (TPSA) is 120 Å². The summed E-state index contributed by atoms with van der Waals surface area (Å²) in [5.41, 5.74) is 6.22. The normalized spacial score (nSPS) is 30.2. The molecule has 3 rings (SSSR count). The molecule has 182 valence electrons. The number of methoxy groups -OCH3 is 1. The van der Waals surface area contributed by atoms with E-state index in [4.69, 9.17) is 43.6 Å². The second-order valence-corrected chi connectivity index (χ2v) is 7.41. The molecule has 1 aromatic rings. The number of aliphatic hydroxyl groups excluding tert-OH is 1. The molecule has 1 aromatic carbocycles. The first-order chi connectivity index (χ1) is 15.7. The van der Waals surface area contributed by atoms with Crippen LogP contribution in [0.5, 0.6) is 0 Å². The maximum atomic E-state index is 10.9. The van der Waals surface area contributed by atoms with Crippen molar-refractivity contribution in [3.05, 3.63) is 35.9 Å². The molecule has 0 radical (unpaired) electrons. The third-order valence-corrected chi connectivity index (χ3v) is 5.16. The first kappa shape index (κ1) is 25.4. The van der Waals surface area contributed by atoms with Crippen molar-refractivity contribution < 1.29 is 43.0 Å². The average molecular weight is 458 g/mol. The molecule has 6 atom stereocenters. The summed E-state index contributed by atoms with van der Waals surface area (Å²) in [5.74, 6) is 0. The zero-order valence-corrected chi connectivity index (χ0v) is 18.5. The molecule has 0 saturated carbocycles. The van der Waals surface area contributed by atoms with Crippen molar-refractivity contribution in [2.24, 2.45) is 5.73 Å². The molecular formula is C22H35NO9. The molecule has 10 heteroatoms. The van der Waals surface area contributed by atoms with Gasteiger partial charge in [0.15, 0.2) is 12.6 Å². The van der Waals surface area contributed by atoms with Gasteiger partial charge < -0.3 is 48.7 Å². The van der Waals surface area contributed by atoms with Gasteiger partial charge in [0, 0.05) is 19.2 Å².